The number of unbranched alkanes of at least 4 members (excludes halogenated alkanes) is 3. The second kappa shape index (κ2) is 26.7. The number of ether oxygens (including phenoxy) is 2. The molecule has 1 spiro atoms. The molecule has 10 unspecified atom stereocenters. The molecule has 0 radical (unpaired) electrons. The molecule has 12 nitrogen and oxygen atoms in total. The molecule has 0 amide bonds. The molecule has 0 aromatic carbocycles. The Balaban J connectivity index is 0. The average molecular weight is 834 g/mol. The molecule has 4 aliphatic carbocycles. The number of esters is 1. The fourth-order valence-corrected chi connectivity index (χ4v) is 12.0. The fraction of sp³-hybridized carbons (Fsp3) is 0.946. The van der Waals surface area contributed by atoms with E-state index in [2.05, 4.69) is 19.2 Å². The van der Waals surface area contributed by atoms with Gasteiger partial charge in [0.25, 0.3) is 0 Å². The Kier molecular flexibility index (Phi) is 29.0. The van der Waals surface area contributed by atoms with Gasteiger partial charge in [0, 0.05) is 12.3 Å². The molecule has 300 valence electrons. The summed E-state index contributed by atoms with van der Waals surface area (Å²) in [4.78, 5) is 62.9. The summed E-state index contributed by atoms with van der Waals surface area (Å²) in [6.45, 7) is 9.03. The van der Waals surface area contributed by atoms with Crippen molar-refractivity contribution in [3.05, 3.63) is 0 Å². The first kappa shape index (κ1) is 58.6. The third-order valence-corrected chi connectivity index (χ3v) is 15.9. The van der Waals surface area contributed by atoms with Crippen LogP contribution < -0.4 is 109 Å². The van der Waals surface area contributed by atoms with Crippen molar-refractivity contribution in [2.75, 3.05) is 13.6 Å². The van der Waals surface area contributed by atoms with Gasteiger partial charge in [0.2, 0.25) is 0 Å². The molecule has 0 bridgehead atoms. The Morgan fingerprint density at radius 1 is 1.02 bits per heavy atom. The largest absolute Gasteiger partial charge is 1.00 e. The van der Waals surface area contributed by atoms with Gasteiger partial charge in [-0.2, -0.15) is 0 Å². The third-order valence-electron chi connectivity index (χ3n) is 12.7. The number of hydrogen-bond donors (Lipinski definition) is 4. The van der Waals surface area contributed by atoms with Crippen LogP contribution in [0.25, 0.3) is 0 Å². The maximum atomic E-state index is 12.1. The van der Waals surface area contributed by atoms with Crippen molar-refractivity contribution in [3.8, 4) is 0 Å². The van der Waals surface area contributed by atoms with Gasteiger partial charge in [0.15, 0.2) is 0 Å². The third kappa shape index (κ3) is 13.5. The van der Waals surface area contributed by atoms with E-state index in [0.717, 1.165) is 37.9 Å². The number of aliphatic hydroxyl groups is 2. The second-order valence-electron chi connectivity index (χ2n) is 15.3. The summed E-state index contributed by atoms with van der Waals surface area (Å²) in [6.07, 6.45) is 15.9. The summed E-state index contributed by atoms with van der Waals surface area (Å²) in [7, 11) is -7.36. The van der Waals surface area contributed by atoms with Crippen molar-refractivity contribution in [2.45, 2.75) is 173 Å². The molecule has 4 N–H and O–H groups in total. The molecule has 17 heteroatoms. The van der Waals surface area contributed by atoms with Crippen molar-refractivity contribution < 1.29 is 142 Å². The van der Waals surface area contributed by atoms with Gasteiger partial charge in [-0.25, -0.2) is 0 Å². The number of hydrogen-bond acceptors (Lipinski definition) is 12. The fourth-order valence-electron chi connectivity index (χ4n) is 10.3. The summed E-state index contributed by atoms with van der Waals surface area (Å²) < 4.78 is 23.1. The van der Waals surface area contributed by atoms with Crippen LogP contribution in [-0.4, -0.2) is 70.0 Å². The van der Waals surface area contributed by atoms with E-state index in [1.807, 2.05) is 13.8 Å². The zero-order valence-electron chi connectivity index (χ0n) is 33.9. The van der Waals surface area contributed by atoms with Gasteiger partial charge in [0.1, 0.15) is 17.5 Å². The minimum Gasteiger partial charge on any atom is -0.808 e. The molecular weight excluding hydrogens is 765 g/mol. The maximum Gasteiger partial charge on any atom is 1.00 e. The Hall–Kier alpha value is 2.48. The first-order chi connectivity index (χ1) is 23.7. The number of nitrogens with one attached hydrogen (secondary N) is 1. The minimum absolute atomic E-state index is 0. The minimum atomic E-state index is -5.49. The van der Waals surface area contributed by atoms with Crippen LogP contribution in [0.2, 0.25) is 0 Å². The summed E-state index contributed by atoms with van der Waals surface area (Å²) >= 11 is 0. The summed E-state index contributed by atoms with van der Waals surface area (Å²) in [5, 5.41) is 20.2. The monoisotopic (exact) mass is 833 g/mol. The van der Waals surface area contributed by atoms with Gasteiger partial charge < -0.3 is 53.9 Å². The molecular formula is C37H68NNa3O11P2. The summed E-state index contributed by atoms with van der Waals surface area (Å²) in [6, 6.07) is 0. The van der Waals surface area contributed by atoms with Gasteiger partial charge in [-0.05, 0) is 129 Å². The van der Waals surface area contributed by atoms with Crippen LogP contribution in [0.1, 0.15) is 144 Å². The van der Waals surface area contributed by atoms with Crippen LogP contribution >= 0.6 is 16.0 Å². The van der Waals surface area contributed by atoms with E-state index in [0.29, 0.717) is 30.4 Å². The van der Waals surface area contributed by atoms with E-state index in [1.54, 1.807) is 7.05 Å². The van der Waals surface area contributed by atoms with E-state index >= 15 is 0 Å². The quantitative estimate of drug-likeness (QED) is 0.0405. The predicted molar refractivity (Wildman–Crippen MR) is 193 cm³/mol. The van der Waals surface area contributed by atoms with Crippen molar-refractivity contribution >= 4 is 28.2 Å². The van der Waals surface area contributed by atoms with E-state index in [9.17, 15) is 39.0 Å². The molecule has 5 aliphatic rings. The van der Waals surface area contributed by atoms with Crippen molar-refractivity contribution in [1.29, 1.82) is 0 Å². The van der Waals surface area contributed by atoms with Gasteiger partial charge in [0.05, 0.1) is 24.2 Å². The normalized spacial score (nSPS) is 34.6. The molecule has 0 aromatic heterocycles. The first-order valence-electron chi connectivity index (χ1n) is 19.2. The number of fused-ring (bicyclic) bond motifs is 4. The topological polar surface area (TPSA) is 212 Å². The second-order valence-corrected chi connectivity index (χ2v) is 18.7. The molecule has 1 aliphatic heterocycles. The average Bonchev–Trinajstić information content (AvgIpc) is 3.37. The van der Waals surface area contributed by atoms with Gasteiger partial charge >= 0.3 is 94.6 Å². The van der Waals surface area contributed by atoms with Gasteiger partial charge in [-0.1, -0.05) is 60.8 Å². The summed E-state index contributed by atoms with van der Waals surface area (Å²) in [5.74, 6) is 2.52. The van der Waals surface area contributed by atoms with E-state index < -0.39 is 27.5 Å². The number of aldehydes is 1. The molecule has 5 rings (SSSR count). The summed E-state index contributed by atoms with van der Waals surface area (Å²) in [5.41, 5.74) is 0.238. The van der Waals surface area contributed by atoms with E-state index in [4.69, 9.17) is 14.4 Å². The molecule has 1 saturated heterocycles. The number of rotatable bonds is 15. The van der Waals surface area contributed by atoms with Gasteiger partial charge in [-0.15, -0.1) is 0 Å². The SMILES string of the molecule is C.CC.CCCCCCC1OC23CC[C@H]4C(C[C@H](O)C5CC(OC(=O)CCC=O)CCC54C)C2CCC13.CNCCCC(O)(P([O-])O)P(=O)([O-])[O-].[Na+].[Na+].[Na+]. The van der Waals surface area contributed by atoms with E-state index in [1.165, 1.54) is 57.8 Å². The molecule has 4 saturated carbocycles. The zero-order chi connectivity index (χ0) is 37.3. The van der Waals surface area contributed by atoms with Crippen LogP contribution in [0.3, 0.4) is 0 Å². The maximum absolute atomic E-state index is 12.1. The van der Waals surface area contributed by atoms with Crippen LogP contribution in [0.4, 0.5) is 0 Å². The molecule has 12 atom stereocenters. The van der Waals surface area contributed by atoms with Crippen molar-refractivity contribution in [1.82, 2.24) is 5.32 Å². The first-order valence-corrected chi connectivity index (χ1v) is 22.0. The Labute approximate surface area is 393 Å². The molecule has 5 fully saturated rings. The van der Waals surface area contributed by atoms with Crippen LogP contribution in [0.15, 0.2) is 0 Å². The van der Waals surface area contributed by atoms with Crippen molar-refractivity contribution in [3.63, 3.8) is 0 Å². The van der Waals surface area contributed by atoms with Crippen LogP contribution in [0.5, 0.6) is 0 Å². The predicted octanol–water partition coefficient (Wildman–Crippen LogP) is -4.51. The molecule has 0 aromatic rings. The van der Waals surface area contributed by atoms with Crippen LogP contribution in [-0.2, 0) is 23.6 Å². The van der Waals surface area contributed by atoms with Crippen LogP contribution in [0, 0.1) is 35.0 Å². The molecule has 54 heavy (non-hydrogen) atoms. The Bertz CT molecular complexity index is 1140. The number of carbonyl (C=O) groups is 2. The van der Waals surface area contributed by atoms with E-state index in [-0.39, 0.29) is 150 Å². The smallest absolute Gasteiger partial charge is 0.808 e. The standard InChI is InChI=1S/C29H46O5.C5H14NO6P2.C2H6.CH4.3Na/c1-3-4-5-6-8-26-23-11-10-22-20-18-25(31)24-17-19(33-27(32)9-7-16-30)12-14-28(24,2)21(20)13-15-29(22,23)34-26;1-6-4-2-3-5(7,13(8)9)14(10,11)12;1-2;;;;/h16,19-26,31H,3-15,17-18H2,1-2H3;6-8H,2-4H2,1H3,(H2,10,11,12);1-2H3;1H4;;;/q;-1;;;3*+1/p-2/t19?,20?,21-,22?,23?,24?,25-,26?,28?,29?;;;;;;/m0....../s1. The van der Waals surface area contributed by atoms with Crippen molar-refractivity contribution in [2.24, 2.45) is 35.0 Å². The molecule has 1 heterocycles. The number of aliphatic hydroxyl groups excluding tert-OH is 1. The number of carbonyl (C=O) groups excluding carboxylic acids is 2. The Morgan fingerprint density at radius 2 is 1.67 bits per heavy atom. The van der Waals surface area contributed by atoms with Gasteiger partial charge in [-0.3, -0.25) is 4.79 Å². The Morgan fingerprint density at radius 3 is 2.24 bits per heavy atom. The zero-order valence-corrected chi connectivity index (χ0v) is 41.7.